The molecule has 0 saturated carbocycles. The second-order valence-corrected chi connectivity index (χ2v) is 6.70. The van der Waals surface area contributed by atoms with Crippen LogP contribution in [0, 0.1) is 0 Å². The van der Waals surface area contributed by atoms with Crippen LogP contribution in [0.1, 0.15) is 12.5 Å². The van der Waals surface area contributed by atoms with E-state index in [-0.39, 0.29) is 6.79 Å². The van der Waals surface area contributed by atoms with E-state index in [4.69, 9.17) is 21.1 Å². The van der Waals surface area contributed by atoms with Crippen molar-refractivity contribution >= 4 is 23.4 Å². The molecule has 0 saturated heterocycles. The first kappa shape index (κ1) is 16.2. The van der Waals surface area contributed by atoms with Crippen molar-refractivity contribution < 1.29 is 9.47 Å². The van der Waals surface area contributed by atoms with Crippen LogP contribution < -0.4 is 9.47 Å². The molecule has 4 rings (SSSR count). The lowest BCUT2D eigenvalue weighted by Gasteiger charge is -2.08. The van der Waals surface area contributed by atoms with Crippen LogP contribution in [0.5, 0.6) is 11.5 Å². The van der Waals surface area contributed by atoms with E-state index in [1.807, 2.05) is 28.8 Å². The normalized spacial score (nSPS) is 12.6. The third kappa shape index (κ3) is 3.17. The summed E-state index contributed by atoms with van der Waals surface area (Å²) in [7, 11) is 0. The smallest absolute Gasteiger partial charge is 0.231 e. The highest BCUT2D eigenvalue weighted by Crippen LogP contribution is 2.38. The van der Waals surface area contributed by atoms with E-state index >= 15 is 0 Å². The van der Waals surface area contributed by atoms with E-state index in [0.717, 1.165) is 34.5 Å². The van der Waals surface area contributed by atoms with Gasteiger partial charge in [-0.2, -0.15) is 0 Å². The van der Waals surface area contributed by atoms with E-state index in [2.05, 4.69) is 22.1 Å². The van der Waals surface area contributed by atoms with Gasteiger partial charge in [0.2, 0.25) is 6.79 Å². The molecule has 0 amide bonds. The third-order valence-electron chi connectivity index (χ3n) is 3.83. The average molecular weight is 375 g/mol. The molecule has 0 unspecified atom stereocenters. The second-order valence-electron chi connectivity index (χ2n) is 5.35. The maximum atomic E-state index is 6.35. The van der Waals surface area contributed by atoms with E-state index in [9.17, 15) is 0 Å². The summed E-state index contributed by atoms with van der Waals surface area (Å²) < 4.78 is 12.8. The molecule has 2 aromatic heterocycles. The molecule has 128 valence electrons. The highest BCUT2D eigenvalue weighted by atomic mass is 35.5. The largest absolute Gasteiger partial charge is 0.454 e. The summed E-state index contributed by atoms with van der Waals surface area (Å²) in [5.74, 6) is 2.84. The number of aromatic nitrogens is 4. The van der Waals surface area contributed by atoms with Crippen LogP contribution in [-0.4, -0.2) is 26.5 Å². The Morgan fingerprint density at radius 1 is 1.20 bits per heavy atom. The molecule has 0 spiro atoms. The molecular weight excluding hydrogens is 360 g/mol. The molecule has 0 aliphatic carbocycles. The van der Waals surface area contributed by atoms with Crippen molar-refractivity contribution in [2.45, 2.75) is 24.4 Å². The molecule has 0 bridgehead atoms. The van der Waals surface area contributed by atoms with Gasteiger partial charge in [0.25, 0.3) is 0 Å². The fraction of sp³-hybridized carbons (Fsp3) is 0.235. The van der Waals surface area contributed by atoms with Gasteiger partial charge < -0.3 is 14.0 Å². The van der Waals surface area contributed by atoms with Gasteiger partial charge in [0, 0.05) is 29.6 Å². The Bertz CT molecular complexity index is 901. The molecule has 6 nitrogen and oxygen atoms in total. The van der Waals surface area contributed by atoms with E-state index in [1.165, 1.54) is 0 Å². The molecule has 8 heteroatoms. The van der Waals surface area contributed by atoms with Crippen molar-refractivity contribution in [1.29, 1.82) is 0 Å². The molecule has 1 aliphatic rings. The third-order valence-corrected chi connectivity index (χ3v) is 5.19. The highest BCUT2D eigenvalue weighted by molar-refractivity contribution is 7.98. The standard InChI is InChI=1S/C17H15ClN4O2S/c1-2-22-16(13-5-3-4-6-19-13)20-21-17(22)25-9-11-7-14-15(8-12(11)18)24-10-23-14/h3-8H,2,9-10H2,1H3. The van der Waals surface area contributed by atoms with Gasteiger partial charge in [0.1, 0.15) is 5.69 Å². The Balaban J connectivity index is 1.57. The van der Waals surface area contributed by atoms with Crippen molar-refractivity contribution in [3.63, 3.8) is 0 Å². The summed E-state index contributed by atoms with van der Waals surface area (Å²) in [6, 6.07) is 9.47. The zero-order valence-corrected chi connectivity index (χ0v) is 15.0. The van der Waals surface area contributed by atoms with Gasteiger partial charge in [-0.05, 0) is 30.7 Å². The summed E-state index contributed by atoms with van der Waals surface area (Å²) in [6.45, 7) is 3.06. The molecule has 1 aliphatic heterocycles. The van der Waals surface area contributed by atoms with Crippen LogP contribution in [0.15, 0.2) is 41.7 Å². The van der Waals surface area contributed by atoms with Gasteiger partial charge in [-0.1, -0.05) is 29.4 Å². The molecule has 3 heterocycles. The Morgan fingerprint density at radius 2 is 2.04 bits per heavy atom. The monoisotopic (exact) mass is 374 g/mol. The van der Waals surface area contributed by atoms with Crippen LogP contribution in [0.4, 0.5) is 0 Å². The lowest BCUT2D eigenvalue weighted by atomic mass is 10.2. The predicted molar refractivity (Wildman–Crippen MR) is 96.1 cm³/mol. The number of halogens is 1. The van der Waals surface area contributed by atoms with Crippen LogP contribution >= 0.6 is 23.4 Å². The summed E-state index contributed by atoms with van der Waals surface area (Å²) in [6.07, 6.45) is 1.75. The fourth-order valence-electron chi connectivity index (χ4n) is 2.58. The van der Waals surface area contributed by atoms with Crippen LogP contribution in [-0.2, 0) is 12.3 Å². The number of pyridine rings is 1. The predicted octanol–water partition coefficient (Wildman–Crippen LogP) is 4.03. The first-order valence-corrected chi connectivity index (χ1v) is 9.18. The maximum absolute atomic E-state index is 6.35. The van der Waals surface area contributed by atoms with Crippen LogP contribution in [0.25, 0.3) is 11.5 Å². The first-order chi connectivity index (χ1) is 12.3. The van der Waals surface area contributed by atoms with E-state index < -0.39 is 0 Å². The number of hydrogen-bond donors (Lipinski definition) is 0. The van der Waals surface area contributed by atoms with Gasteiger partial charge in [-0.15, -0.1) is 10.2 Å². The number of nitrogens with zero attached hydrogens (tertiary/aromatic N) is 4. The minimum atomic E-state index is 0.236. The number of benzene rings is 1. The Labute approximate surface area is 154 Å². The fourth-order valence-corrected chi connectivity index (χ4v) is 3.87. The SMILES string of the molecule is CCn1c(SCc2cc3c(cc2Cl)OCO3)nnc1-c1ccccn1. The van der Waals surface area contributed by atoms with Gasteiger partial charge in [0.15, 0.2) is 22.5 Å². The van der Waals surface area contributed by atoms with Crippen LogP contribution in [0.2, 0.25) is 5.02 Å². The van der Waals surface area contributed by atoms with E-state index in [0.29, 0.717) is 16.5 Å². The van der Waals surface area contributed by atoms with Crippen molar-refractivity contribution in [3.8, 4) is 23.0 Å². The molecule has 0 radical (unpaired) electrons. The minimum Gasteiger partial charge on any atom is -0.454 e. The number of fused-ring (bicyclic) bond motifs is 1. The minimum absolute atomic E-state index is 0.236. The summed E-state index contributed by atoms with van der Waals surface area (Å²) >= 11 is 7.93. The number of thioether (sulfide) groups is 1. The number of hydrogen-bond acceptors (Lipinski definition) is 6. The van der Waals surface area contributed by atoms with Crippen molar-refractivity contribution in [1.82, 2.24) is 19.7 Å². The Morgan fingerprint density at radius 3 is 2.80 bits per heavy atom. The molecular formula is C17H15ClN4O2S. The molecule has 0 atom stereocenters. The quantitative estimate of drug-likeness (QED) is 0.628. The molecule has 3 aromatic rings. The maximum Gasteiger partial charge on any atom is 0.231 e. The molecule has 0 fully saturated rings. The Kier molecular flexibility index (Phi) is 4.50. The topological polar surface area (TPSA) is 62.1 Å². The number of ether oxygens (including phenoxy) is 2. The molecule has 0 N–H and O–H groups in total. The van der Waals surface area contributed by atoms with Gasteiger partial charge in [-0.3, -0.25) is 4.98 Å². The first-order valence-electron chi connectivity index (χ1n) is 7.81. The lowest BCUT2D eigenvalue weighted by Crippen LogP contribution is -2.00. The van der Waals surface area contributed by atoms with Gasteiger partial charge in [0.05, 0.1) is 0 Å². The van der Waals surface area contributed by atoms with Crippen molar-refractivity contribution in [3.05, 3.63) is 47.1 Å². The molecule has 1 aromatic carbocycles. The zero-order valence-electron chi connectivity index (χ0n) is 13.5. The van der Waals surface area contributed by atoms with Crippen LogP contribution in [0.3, 0.4) is 0 Å². The summed E-state index contributed by atoms with van der Waals surface area (Å²) in [5.41, 5.74) is 1.78. The highest BCUT2D eigenvalue weighted by Gasteiger charge is 2.18. The summed E-state index contributed by atoms with van der Waals surface area (Å²) in [5, 5.41) is 10.1. The average Bonchev–Trinajstić information content (AvgIpc) is 3.26. The number of rotatable bonds is 5. The zero-order chi connectivity index (χ0) is 17.2. The summed E-state index contributed by atoms with van der Waals surface area (Å²) in [4.78, 5) is 4.36. The van der Waals surface area contributed by atoms with Crippen molar-refractivity contribution in [2.24, 2.45) is 0 Å². The second kappa shape index (κ2) is 6.93. The van der Waals surface area contributed by atoms with Gasteiger partial charge in [-0.25, -0.2) is 0 Å². The lowest BCUT2D eigenvalue weighted by molar-refractivity contribution is 0.174. The van der Waals surface area contributed by atoms with E-state index in [1.54, 1.807) is 24.0 Å². The Hall–Kier alpha value is -2.25. The van der Waals surface area contributed by atoms with Crippen molar-refractivity contribution in [2.75, 3.05) is 6.79 Å². The molecule has 25 heavy (non-hydrogen) atoms. The van der Waals surface area contributed by atoms with Gasteiger partial charge >= 0.3 is 0 Å².